The number of nitrogens with zero attached hydrogens (tertiary/aromatic N) is 1. The Kier molecular flexibility index (Phi) is 10.4. The fourth-order valence-electron chi connectivity index (χ4n) is 5.90. The number of aliphatic hydroxyl groups excluding tert-OH is 1. The van der Waals surface area contributed by atoms with Gasteiger partial charge in [-0.2, -0.15) is 0 Å². The molecule has 0 spiro atoms. The van der Waals surface area contributed by atoms with Gasteiger partial charge in [0, 0.05) is 25.2 Å². The summed E-state index contributed by atoms with van der Waals surface area (Å²) in [7, 11) is 0. The second-order valence-corrected chi connectivity index (χ2v) is 11.9. The van der Waals surface area contributed by atoms with E-state index in [-0.39, 0.29) is 6.04 Å². The van der Waals surface area contributed by atoms with E-state index in [1.165, 1.54) is 21.9 Å². The lowest BCUT2D eigenvalue weighted by Crippen LogP contribution is -2.37. The molecule has 0 aliphatic rings. The minimum absolute atomic E-state index is 0.173. The number of benzene rings is 6. The van der Waals surface area contributed by atoms with Crippen LogP contribution in [0.2, 0.25) is 0 Å². The average Bonchev–Trinajstić information content (AvgIpc) is 3.11. The van der Waals surface area contributed by atoms with E-state index in [1.807, 2.05) is 84.9 Å². The van der Waals surface area contributed by atoms with Crippen molar-refractivity contribution in [1.82, 2.24) is 4.90 Å². The van der Waals surface area contributed by atoms with Crippen LogP contribution in [-0.2, 0) is 26.2 Å². The quantitative estimate of drug-likeness (QED) is 0.134. The van der Waals surface area contributed by atoms with Crippen molar-refractivity contribution >= 4 is 10.8 Å². The van der Waals surface area contributed by atoms with Crippen LogP contribution in [0, 0.1) is 0 Å². The number of hydrogen-bond acceptors (Lipinski definition) is 4. The Bertz CT molecular complexity index is 1740. The van der Waals surface area contributed by atoms with Crippen molar-refractivity contribution in [1.29, 1.82) is 0 Å². The summed E-state index contributed by atoms with van der Waals surface area (Å²) in [5.41, 5.74) is 5.45. The van der Waals surface area contributed by atoms with Gasteiger partial charge in [0.05, 0.1) is 6.10 Å². The molecule has 0 radical (unpaired) electrons. The van der Waals surface area contributed by atoms with Gasteiger partial charge >= 0.3 is 0 Å². The molecule has 0 aliphatic carbocycles. The molecule has 232 valence electrons. The van der Waals surface area contributed by atoms with Gasteiger partial charge in [-0.3, -0.25) is 4.90 Å². The number of fused-ring (bicyclic) bond motifs is 1. The van der Waals surface area contributed by atoms with E-state index in [0.717, 1.165) is 29.7 Å². The Morgan fingerprint density at radius 1 is 0.587 bits per heavy atom. The van der Waals surface area contributed by atoms with Gasteiger partial charge in [0.15, 0.2) is 0 Å². The van der Waals surface area contributed by atoms with Gasteiger partial charge in [0.25, 0.3) is 0 Å². The lowest BCUT2D eigenvalue weighted by atomic mass is 9.98. The number of aliphatic hydroxyl groups is 1. The molecule has 0 heterocycles. The van der Waals surface area contributed by atoms with Crippen molar-refractivity contribution in [2.24, 2.45) is 0 Å². The van der Waals surface area contributed by atoms with Crippen LogP contribution in [0.4, 0.5) is 0 Å². The molecule has 6 aromatic carbocycles. The molecule has 0 fully saturated rings. The third-order valence-corrected chi connectivity index (χ3v) is 8.44. The normalized spacial score (nSPS) is 12.6. The fourth-order valence-corrected chi connectivity index (χ4v) is 5.90. The molecule has 0 saturated heterocycles. The van der Waals surface area contributed by atoms with Crippen LogP contribution < -0.4 is 9.47 Å². The summed E-state index contributed by atoms with van der Waals surface area (Å²) < 4.78 is 12.5. The van der Waals surface area contributed by atoms with Crippen LogP contribution in [0.3, 0.4) is 0 Å². The van der Waals surface area contributed by atoms with Crippen molar-refractivity contribution in [2.75, 3.05) is 6.54 Å². The Morgan fingerprint density at radius 3 is 1.72 bits per heavy atom. The van der Waals surface area contributed by atoms with Crippen LogP contribution in [0.5, 0.6) is 11.5 Å². The summed E-state index contributed by atoms with van der Waals surface area (Å²) in [6.07, 6.45) is 0.116. The minimum Gasteiger partial charge on any atom is -0.489 e. The first-order chi connectivity index (χ1) is 22.6. The summed E-state index contributed by atoms with van der Waals surface area (Å²) >= 11 is 0. The topological polar surface area (TPSA) is 41.9 Å². The number of rotatable bonds is 14. The third-order valence-electron chi connectivity index (χ3n) is 8.44. The minimum atomic E-state index is -0.752. The highest BCUT2D eigenvalue weighted by molar-refractivity contribution is 5.85. The molecule has 0 saturated carbocycles. The lowest BCUT2D eigenvalue weighted by molar-refractivity contribution is 0.0855. The van der Waals surface area contributed by atoms with Gasteiger partial charge in [-0.25, -0.2) is 0 Å². The molecular formula is C42H41NO3. The van der Waals surface area contributed by atoms with Gasteiger partial charge < -0.3 is 14.6 Å². The second-order valence-electron chi connectivity index (χ2n) is 11.9. The first kappa shape index (κ1) is 31.1. The van der Waals surface area contributed by atoms with Crippen LogP contribution in [0.25, 0.3) is 10.8 Å². The van der Waals surface area contributed by atoms with Crippen molar-refractivity contribution < 1.29 is 14.6 Å². The predicted octanol–water partition coefficient (Wildman–Crippen LogP) is 9.16. The van der Waals surface area contributed by atoms with Gasteiger partial charge in [0.2, 0.25) is 0 Å². The van der Waals surface area contributed by atoms with Crippen molar-refractivity contribution in [2.45, 2.75) is 45.2 Å². The third kappa shape index (κ3) is 8.42. The highest BCUT2D eigenvalue weighted by Gasteiger charge is 2.22. The smallest absolute Gasteiger partial charge is 0.123 e. The Morgan fingerprint density at radius 2 is 1.11 bits per heavy atom. The first-order valence-electron chi connectivity index (χ1n) is 16.0. The molecule has 4 heteroatoms. The van der Waals surface area contributed by atoms with Gasteiger partial charge in [-0.1, -0.05) is 133 Å². The average molecular weight is 608 g/mol. The molecule has 2 atom stereocenters. The first-order valence-corrected chi connectivity index (χ1v) is 16.0. The Hall–Kier alpha value is -4.90. The summed E-state index contributed by atoms with van der Waals surface area (Å²) in [4.78, 5) is 2.38. The molecule has 6 aromatic rings. The highest BCUT2D eigenvalue weighted by atomic mass is 16.5. The largest absolute Gasteiger partial charge is 0.489 e. The molecule has 1 N–H and O–H groups in total. The molecule has 4 nitrogen and oxygen atoms in total. The molecule has 46 heavy (non-hydrogen) atoms. The molecule has 0 unspecified atom stereocenters. The van der Waals surface area contributed by atoms with Crippen LogP contribution in [0.1, 0.15) is 40.8 Å². The van der Waals surface area contributed by atoms with E-state index in [2.05, 4.69) is 78.6 Å². The van der Waals surface area contributed by atoms with Crippen molar-refractivity contribution in [3.05, 3.63) is 179 Å². The lowest BCUT2D eigenvalue weighted by Gasteiger charge is -2.32. The Balaban J connectivity index is 1.25. The monoisotopic (exact) mass is 607 g/mol. The molecule has 0 bridgehead atoms. The maximum Gasteiger partial charge on any atom is 0.123 e. The van der Waals surface area contributed by atoms with E-state index in [1.54, 1.807) is 0 Å². The molecule has 6 rings (SSSR count). The van der Waals surface area contributed by atoms with Crippen LogP contribution >= 0.6 is 0 Å². The summed E-state index contributed by atoms with van der Waals surface area (Å²) in [6, 6.07) is 51.8. The van der Waals surface area contributed by atoms with E-state index in [4.69, 9.17) is 9.47 Å². The standard InChI is InChI=1S/C42H41NO3/c1-32(24-37-22-13-21-36-20-11-12-23-41(36)37)43(28-33-14-5-2-6-15-33)29-42(44)38-25-39(45-30-34-16-7-3-8-17-34)27-40(26-38)46-31-35-18-9-4-10-19-35/h2-23,25-27,32,42,44H,24,28-31H2,1H3/t32-,42+/m1/s1. The molecule has 0 aliphatic heterocycles. The highest BCUT2D eigenvalue weighted by Crippen LogP contribution is 2.30. The van der Waals surface area contributed by atoms with Crippen molar-refractivity contribution in [3.63, 3.8) is 0 Å². The zero-order valence-corrected chi connectivity index (χ0v) is 26.3. The van der Waals surface area contributed by atoms with Gasteiger partial charge in [-0.05, 0) is 64.1 Å². The van der Waals surface area contributed by atoms with Gasteiger partial charge in [-0.15, -0.1) is 0 Å². The van der Waals surface area contributed by atoms with Crippen LogP contribution in [-0.4, -0.2) is 22.6 Å². The second kappa shape index (κ2) is 15.4. The van der Waals surface area contributed by atoms with E-state index in [0.29, 0.717) is 31.3 Å². The van der Waals surface area contributed by atoms with E-state index >= 15 is 0 Å². The predicted molar refractivity (Wildman–Crippen MR) is 187 cm³/mol. The Labute approximate surface area is 272 Å². The van der Waals surface area contributed by atoms with Gasteiger partial charge in [0.1, 0.15) is 24.7 Å². The summed E-state index contributed by atoms with van der Waals surface area (Å²) in [6.45, 7) is 4.30. The fraction of sp³-hybridized carbons (Fsp3) is 0.190. The molecule has 0 aromatic heterocycles. The van der Waals surface area contributed by atoms with Crippen molar-refractivity contribution in [3.8, 4) is 11.5 Å². The van der Waals surface area contributed by atoms with Crippen LogP contribution in [0.15, 0.2) is 152 Å². The number of ether oxygens (including phenoxy) is 2. The zero-order chi connectivity index (χ0) is 31.6. The van der Waals surface area contributed by atoms with E-state index in [9.17, 15) is 5.11 Å². The maximum absolute atomic E-state index is 11.8. The maximum atomic E-state index is 11.8. The molecule has 0 amide bonds. The van der Waals surface area contributed by atoms with E-state index < -0.39 is 6.10 Å². The summed E-state index contributed by atoms with van der Waals surface area (Å²) in [5, 5.41) is 14.3. The zero-order valence-electron chi connectivity index (χ0n) is 26.3. The SMILES string of the molecule is C[C@H](Cc1cccc2ccccc12)N(Cc1ccccc1)C[C@H](O)c1cc(OCc2ccccc2)cc(OCc2ccccc2)c1. The summed E-state index contributed by atoms with van der Waals surface area (Å²) in [5.74, 6) is 1.34. The molecular weight excluding hydrogens is 566 g/mol. The number of hydrogen-bond donors (Lipinski definition) is 1.